The number of hydrogen-bond acceptors (Lipinski definition) is 5. The van der Waals surface area contributed by atoms with Crippen molar-refractivity contribution >= 4 is 35.0 Å². The van der Waals surface area contributed by atoms with Crippen LogP contribution in [0.15, 0.2) is 64.5 Å². The molecule has 1 amide bonds. The molecule has 0 aliphatic carbocycles. The molecule has 0 saturated carbocycles. The number of piperazine rings is 1. The van der Waals surface area contributed by atoms with Gasteiger partial charge in [0.05, 0.1) is 12.1 Å². The third-order valence-electron chi connectivity index (χ3n) is 5.37. The van der Waals surface area contributed by atoms with Crippen molar-refractivity contribution in [2.24, 2.45) is 0 Å². The Hall–Kier alpha value is -2.77. The summed E-state index contributed by atoms with van der Waals surface area (Å²) in [5.74, 6) is 0.625. The van der Waals surface area contributed by atoms with Crippen molar-refractivity contribution in [3.8, 4) is 0 Å². The third-order valence-corrected chi connectivity index (χ3v) is 6.55. The Morgan fingerprint density at radius 1 is 1.09 bits per heavy atom. The quantitative estimate of drug-likeness (QED) is 0.438. The number of hydrogen-bond donors (Lipinski definition) is 1. The fourth-order valence-electron chi connectivity index (χ4n) is 3.73. The molecular formula is C24H25ClN4O2S. The number of carbonyl (C=O) groups is 1. The highest BCUT2D eigenvalue weighted by Gasteiger charge is 2.22. The largest absolute Gasteiger partial charge is 0.368 e. The Morgan fingerprint density at radius 2 is 1.88 bits per heavy atom. The molecule has 1 N–H and O–H groups in total. The van der Waals surface area contributed by atoms with Crippen molar-refractivity contribution in [1.29, 1.82) is 0 Å². The van der Waals surface area contributed by atoms with Crippen molar-refractivity contribution in [2.75, 3.05) is 31.1 Å². The van der Waals surface area contributed by atoms with Gasteiger partial charge in [-0.15, -0.1) is 0 Å². The Morgan fingerprint density at radius 3 is 2.62 bits per heavy atom. The summed E-state index contributed by atoms with van der Waals surface area (Å²) >= 11 is 7.45. The van der Waals surface area contributed by atoms with Crippen LogP contribution in [0.3, 0.4) is 0 Å². The molecule has 166 valence electrons. The summed E-state index contributed by atoms with van der Waals surface area (Å²) < 4.78 is 0. The van der Waals surface area contributed by atoms with Crippen LogP contribution in [0.2, 0.25) is 5.02 Å². The van der Waals surface area contributed by atoms with Crippen LogP contribution in [-0.2, 0) is 17.0 Å². The summed E-state index contributed by atoms with van der Waals surface area (Å²) in [6, 6.07) is 17.4. The van der Waals surface area contributed by atoms with Crippen molar-refractivity contribution in [2.45, 2.75) is 24.3 Å². The van der Waals surface area contributed by atoms with E-state index in [1.54, 1.807) is 0 Å². The average molecular weight is 469 g/mol. The van der Waals surface area contributed by atoms with Crippen molar-refractivity contribution in [1.82, 2.24) is 14.9 Å². The van der Waals surface area contributed by atoms with Gasteiger partial charge in [-0.2, -0.15) is 0 Å². The van der Waals surface area contributed by atoms with Gasteiger partial charge in [0, 0.05) is 48.7 Å². The highest BCUT2D eigenvalue weighted by atomic mass is 35.5. The molecule has 1 fully saturated rings. The zero-order valence-electron chi connectivity index (χ0n) is 17.9. The van der Waals surface area contributed by atoms with Gasteiger partial charge < -0.3 is 14.8 Å². The number of nitrogens with zero attached hydrogens (tertiary/aromatic N) is 3. The van der Waals surface area contributed by atoms with E-state index in [0.717, 1.165) is 18.7 Å². The number of halogens is 1. The Kier molecular flexibility index (Phi) is 7.17. The highest BCUT2D eigenvalue weighted by Crippen LogP contribution is 2.21. The summed E-state index contributed by atoms with van der Waals surface area (Å²) in [5, 5.41) is 1.18. The second kappa shape index (κ2) is 10.2. The summed E-state index contributed by atoms with van der Waals surface area (Å²) in [6.07, 6.45) is 0.124. The maximum Gasteiger partial charge on any atom is 0.251 e. The van der Waals surface area contributed by atoms with Gasteiger partial charge in [-0.05, 0) is 42.3 Å². The lowest BCUT2D eigenvalue weighted by atomic mass is 10.2. The molecule has 0 bridgehead atoms. The highest BCUT2D eigenvalue weighted by molar-refractivity contribution is 7.98. The molecule has 3 aromatic rings. The number of rotatable bonds is 6. The number of H-pyrrole nitrogens is 1. The van der Waals surface area contributed by atoms with Gasteiger partial charge in [-0.25, -0.2) is 4.98 Å². The molecule has 1 aromatic heterocycles. The first-order valence-corrected chi connectivity index (χ1v) is 11.9. The van der Waals surface area contributed by atoms with Crippen LogP contribution < -0.4 is 10.5 Å². The normalized spacial score (nSPS) is 13.9. The van der Waals surface area contributed by atoms with E-state index in [1.165, 1.54) is 29.1 Å². The number of amides is 1. The maximum atomic E-state index is 12.8. The van der Waals surface area contributed by atoms with E-state index in [2.05, 4.69) is 46.1 Å². The standard InChI is InChI=1S/C24H25ClN4O2S/c1-17-4-2-7-21(12-17)28-8-10-29(11-9-28)23(31)15-20-14-22(30)27-24(26-20)32-16-18-5-3-6-19(25)13-18/h2-7,12-14H,8-11,15-16H2,1H3,(H,26,27,30). The first-order chi connectivity index (χ1) is 15.5. The lowest BCUT2D eigenvalue weighted by molar-refractivity contribution is -0.130. The molecule has 6 nitrogen and oxygen atoms in total. The molecule has 0 atom stereocenters. The van der Waals surface area contributed by atoms with Gasteiger partial charge in [0.25, 0.3) is 5.56 Å². The zero-order chi connectivity index (χ0) is 22.5. The Labute approximate surface area is 196 Å². The second-order valence-corrected chi connectivity index (χ2v) is 9.24. The fourth-order valence-corrected chi connectivity index (χ4v) is 4.78. The number of anilines is 1. The number of thioether (sulfide) groups is 1. The number of aromatic nitrogens is 2. The number of aryl methyl sites for hydroxylation is 1. The predicted octanol–water partition coefficient (Wildman–Crippen LogP) is 3.92. The number of carbonyl (C=O) groups excluding carboxylic acids is 1. The van der Waals surface area contributed by atoms with Crippen LogP contribution >= 0.6 is 23.4 Å². The van der Waals surface area contributed by atoms with Crippen LogP contribution in [0.5, 0.6) is 0 Å². The monoisotopic (exact) mass is 468 g/mol. The van der Waals surface area contributed by atoms with E-state index in [1.807, 2.05) is 29.2 Å². The van der Waals surface area contributed by atoms with Gasteiger partial charge >= 0.3 is 0 Å². The molecule has 0 radical (unpaired) electrons. The number of benzene rings is 2. The Balaban J connectivity index is 1.34. The molecule has 0 unspecified atom stereocenters. The molecule has 1 saturated heterocycles. The first-order valence-electron chi connectivity index (χ1n) is 10.5. The molecular weight excluding hydrogens is 444 g/mol. The average Bonchev–Trinajstić information content (AvgIpc) is 2.77. The van der Waals surface area contributed by atoms with Crippen molar-refractivity contribution < 1.29 is 4.79 Å². The second-order valence-electron chi connectivity index (χ2n) is 7.84. The van der Waals surface area contributed by atoms with Gasteiger partial charge in [0.1, 0.15) is 0 Å². The van der Waals surface area contributed by atoms with Crippen LogP contribution in [0, 0.1) is 6.92 Å². The maximum absolute atomic E-state index is 12.8. The molecule has 4 rings (SSSR count). The lowest BCUT2D eigenvalue weighted by Gasteiger charge is -2.36. The van der Waals surface area contributed by atoms with E-state index >= 15 is 0 Å². The summed E-state index contributed by atoms with van der Waals surface area (Å²) in [5.41, 5.74) is 3.70. The molecule has 2 heterocycles. The SMILES string of the molecule is Cc1cccc(N2CCN(C(=O)Cc3cc(=O)[nH]c(SCc4cccc(Cl)c4)n3)CC2)c1. The minimum atomic E-state index is -0.249. The zero-order valence-corrected chi connectivity index (χ0v) is 19.5. The summed E-state index contributed by atoms with van der Waals surface area (Å²) in [7, 11) is 0. The van der Waals surface area contributed by atoms with Gasteiger partial charge in [-0.3, -0.25) is 9.59 Å². The molecule has 32 heavy (non-hydrogen) atoms. The molecule has 1 aliphatic heterocycles. The van der Waals surface area contributed by atoms with Crippen LogP contribution in [0.4, 0.5) is 5.69 Å². The molecule has 0 spiro atoms. The summed E-state index contributed by atoms with van der Waals surface area (Å²) in [6.45, 7) is 4.98. The fraction of sp³-hybridized carbons (Fsp3) is 0.292. The van der Waals surface area contributed by atoms with Crippen LogP contribution in [-0.4, -0.2) is 47.0 Å². The van der Waals surface area contributed by atoms with E-state index in [9.17, 15) is 9.59 Å². The summed E-state index contributed by atoms with van der Waals surface area (Å²) in [4.78, 5) is 36.3. The number of aromatic amines is 1. The minimum absolute atomic E-state index is 0.00205. The van der Waals surface area contributed by atoms with Crippen molar-refractivity contribution in [3.05, 3.63) is 86.8 Å². The first kappa shape index (κ1) is 22.4. The van der Waals surface area contributed by atoms with Gasteiger partial charge in [-0.1, -0.05) is 47.6 Å². The molecule has 8 heteroatoms. The van der Waals surface area contributed by atoms with E-state index < -0.39 is 0 Å². The van der Waals surface area contributed by atoms with Crippen LogP contribution in [0.1, 0.15) is 16.8 Å². The van der Waals surface area contributed by atoms with Crippen molar-refractivity contribution in [3.63, 3.8) is 0 Å². The molecule has 2 aromatic carbocycles. The minimum Gasteiger partial charge on any atom is -0.368 e. The smallest absolute Gasteiger partial charge is 0.251 e. The van der Waals surface area contributed by atoms with Gasteiger partial charge in [0.2, 0.25) is 5.91 Å². The lowest BCUT2D eigenvalue weighted by Crippen LogP contribution is -2.49. The predicted molar refractivity (Wildman–Crippen MR) is 130 cm³/mol. The van der Waals surface area contributed by atoms with E-state index in [-0.39, 0.29) is 17.9 Å². The van der Waals surface area contributed by atoms with E-state index in [4.69, 9.17) is 11.6 Å². The van der Waals surface area contributed by atoms with Gasteiger partial charge in [0.15, 0.2) is 5.16 Å². The third kappa shape index (κ3) is 5.93. The topological polar surface area (TPSA) is 69.3 Å². The Bertz CT molecular complexity index is 1160. The molecule has 1 aliphatic rings. The van der Waals surface area contributed by atoms with Crippen LogP contribution in [0.25, 0.3) is 0 Å². The number of nitrogens with one attached hydrogen (secondary N) is 1. The van der Waals surface area contributed by atoms with E-state index in [0.29, 0.717) is 34.7 Å².